The number of cyclic esters (lactones) is 1. The molecule has 3 aliphatic heterocycles. The largest absolute Gasteiger partial charge is 0.458 e. The monoisotopic (exact) mass is 765 g/mol. The molecule has 13 heteroatoms. The molecule has 2 N–H and O–H groups in total. The highest BCUT2D eigenvalue weighted by Gasteiger charge is 2.57. The fourth-order valence-corrected chi connectivity index (χ4v) is 8.73. The number of aromatic nitrogens is 1. The van der Waals surface area contributed by atoms with Crippen LogP contribution in [-0.4, -0.2) is 113 Å². The van der Waals surface area contributed by atoms with Crippen LogP contribution in [0.2, 0.25) is 0 Å². The number of nitrogens with one attached hydrogen (secondary N) is 1. The number of benzene rings is 1. The molecule has 0 aliphatic carbocycles. The van der Waals surface area contributed by atoms with Crippen LogP contribution in [0, 0.1) is 23.7 Å². The second-order valence-electron chi connectivity index (χ2n) is 16.4. The van der Waals surface area contributed by atoms with Gasteiger partial charge in [-0.25, -0.2) is 4.79 Å². The number of amides is 1. The number of hydrogen-bond donors (Lipinski definition) is 2. The summed E-state index contributed by atoms with van der Waals surface area (Å²) in [6.07, 6.45) is 1.12. The number of rotatable bonds is 8. The lowest BCUT2D eigenvalue weighted by atomic mass is 9.73. The van der Waals surface area contributed by atoms with E-state index in [0.717, 1.165) is 16.5 Å². The summed E-state index contributed by atoms with van der Waals surface area (Å²) in [5.41, 5.74) is -1.00. The van der Waals surface area contributed by atoms with Crippen molar-refractivity contribution in [1.29, 1.82) is 0 Å². The predicted molar refractivity (Wildman–Crippen MR) is 206 cm³/mol. The minimum absolute atomic E-state index is 0.0612. The summed E-state index contributed by atoms with van der Waals surface area (Å²) in [6.45, 7) is 13.8. The smallest absolute Gasteiger partial charge is 0.408 e. The van der Waals surface area contributed by atoms with Crippen LogP contribution in [0.3, 0.4) is 0 Å². The molecule has 0 spiro atoms. The summed E-state index contributed by atoms with van der Waals surface area (Å²) in [6, 6.07) is 8.70. The van der Waals surface area contributed by atoms with E-state index in [1.165, 1.54) is 6.92 Å². The van der Waals surface area contributed by atoms with E-state index in [-0.39, 0.29) is 37.4 Å². The molecule has 3 fully saturated rings. The highest BCUT2D eigenvalue weighted by Crippen LogP contribution is 2.40. The zero-order valence-corrected chi connectivity index (χ0v) is 33.8. The van der Waals surface area contributed by atoms with Crippen molar-refractivity contribution in [3.8, 4) is 0 Å². The van der Waals surface area contributed by atoms with Crippen molar-refractivity contribution >= 4 is 40.6 Å². The van der Waals surface area contributed by atoms with Gasteiger partial charge in [-0.05, 0) is 78.7 Å². The van der Waals surface area contributed by atoms with Crippen molar-refractivity contribution < 1.29 is 48.0 Å². The molecule has 3 saturated heterocycles. The molecule has 13 atom stereocenters. The van der Waals surface area contributed by atoms with E-state index in [1.807, 2.05) is 68.4 Å². The summed E-state index contributed by atoms with van der Waals surface area (Å²) in [4.78, 5) is 61.8. The molecular formula is C42H59N3O10. The van der Waals surface area contributed by atoms with Crippen LogP contribution in [0.4, 0.5) is 4.79 Å². The Bertz CT molecular complexity index is 1750. The number of nitrogens with zero attached hydrogens (tertiary/aromatic N) is 2. The van der Waals surface area contributed by atoms with Gasteiger partial charge in [-0.1, -0.05) is 58.0 Å². The number of fused-ring (bicyclic) bond motifs is 2. The Kier molecular flexibility index (Phi) is 13.2. The molecule has 1 aromatic carbocycles. The molecule has 0 saturated carbocycles. The number of esters is 1. The number of ketones is 2. The van der Waals surface area contributed by atoms with Crippen LogP contribution in [0.1, 0.15) is 80.2 Å². The number of carbonyl (C=O) groups excluding carboxylic acids is 4. The zero-order chi connectivity index (χ0) is 40.4. The van der Waals surface area contributed by atoms with Crippen LogP contribution in [0.15, 0.2) is 42.6 Å². The normalized spacial score (nSPS) is 38.1. The van der Waals surface area contributed by atoms with Crippen LogP contribution in [0.25, 0.3) is 17.0 Å². The maximum Gasteiger partial charge on any atom is 0.408 e. The number of ether oxygens (including phenoxy) is 5. The molecule has 302 valence electrons. The minimum Gasteiger partial charge on any atom is -0.458 e. The molecule has 13 nitrogen and oxygen atoms in total. The Morgan fingerprint density at radius 3 is 2.44 bits per heavy atom. The zero-order valence-electron chi connectivity index (χ0n) is 33.8. The van der Waals surface area contributed by atoms with Gasteiger partial charge >= 0.3 is 12.1 Å². The van der Waals surface area contributed by atoms with Gasteiger partial charge in [0.25, 0.3) is 0 Å². The van der Waals surface area contributed by atoms with Crippen LogP contribution in [-0.2, 0) is 38.1 Å². The van der Waals surface area contributed by atoms with Gasteiger partial charge in [-0.15, -0.1) is 0 Å². The molecule has 5 rings (SSSR count). The molecular weight excluding hydrogens is 706 g/mol. The molecule has 1 unspecified atom stereocenters. The average Bonchev–Trinajstić information content (AvgIpc) is 3.47. The van der Waals surface area contributed by atoms with Crippen LogP contribution < -0.4 is 5.32 Å². The number of para-hydroxylation sites is 1. The molecule has 3 aliphatic rings. The van der Waals surface area contributed by atoms with Gasteiger partial charge in [0.1, 0.15) is 23.9 Å². The number of carbonyl (C=O) groups is 4. The second kappa shape index (κ2) is 17.2. The Hall–Kier alpha value is -3.75. The van der Waals surface area contributed by atoms with Crippen molar-refractivity contribution in [1.82, 2.24) is 15.2 Å². The van der Waals surface area contributed by atoms with E-state index < -0.39 is 83.4 Å². The van der Waals surface area contributed by atoms with Gasteiger partial charge in [0.2, 0.25) is 0 Å². The quantitative estimate of drug-likeness (QED) is 0.270. The molecule has 0 radical (unpaired) electrons. The highest BCUT2D eigenvalue weighted by molar-refractivity contribution is 6.00. The second-order valence-corrected chi connectivity index (χ2v) is 16.4. The van der Waals surface area contributed by atoms with E-state index in [0.29, 0.717) is 6.42 Å². The lowest BCUT2D eigenvalue weighted by molar-refractivity contribution is -0.296. The summed E-state index contributed by atoms with van der Waals surface area (Å²) < 4.78 is 31.4. The van der Waals surface area contributed by atoms with Crippen molar-refractivity contribution in [2.45, 2.75) is 129 Å². The number of pyridine rings is 1. The first kappa shape index (κ1) is 42.4. The highest BCUT2D eigenvalue weighted by atomic mass is 16.7. The topological polar surface area (TPSA) is 163 Å². The molecule has 0 bridgehead atoms. The van der Waals surface area contributed by atoms with Gasteiger partial charge in [0, 0.05) is 35.4 Å². The number of alkyl carbamates (subject to hydrolysis) is 1. The number of aliphatic hydroxyl groups is 1. The lowest BCUT2D eigenvalue weighted by Gasteiger charge is -2.47. The predicted octanol–water partition coefficient (Wildman–Crippen LogP) is 5.11. The fraction of sp³-hybridized carbons (Fsp3) is 0.643. The van der Waals surface area contributed by atoms with Crippen molar-refractivity contribution in [2.24, 2.45) is 23.7 Å². The van der Waals surface area contributed by atoms with Crippen LogP contribution >= 0.6 is 0 Å². The minimum atomic E-state index is -1.38. The van der Waals surface area contributed by atoms with E-state index in [1.54, 1.807) is 47.7 Å². The van der Waals surface area contributed by atoms with E-state index in [9.17, 15) is 24.3 Å². The van der Waals surface area contributed by atoms with Gasteiger partial charge in [0.05, 0.1) is 36.0 Å². The Labute approximate surface area is 324 Å². The average molecular weight is 766 g/mol. The van der Waals surface area contributed by atoms with E-state index in [4.69, 9.17) is 23.7 Å². The standard InChI is InChI=1S/C42H59N3O10/c1-11-32-42(8)36(44-40(50)55-42)25(4)33(46)23(2)21-41(7,51-18-14-15-28-20-29-16-12-13-17-30(29)43-22-28)37(26(5)34(47)27(6)38(49)53-32)54-39-35(48)31(45(9)10)19-24(3)52-39/h12-17,20,22-27,31-32,35-37,39,48H,11,18-19,21H2,1-10H3,(H,44,50)/t23-,24+,25+,26-,27+,31-,32+,35-,36-,37-,39-,41?,42-/m0/s1. The lowest BCUT2D eigenvalue weighted by Crippen LogP contribution is -2.60. The number of aliphatic hydroxyl groups excluding tert-OH is 1. The number of hydrogen-bond acceptors (Lipinski definition) is 12. The molecule has 4 heterocycles. The van der Waals surface area contributed by atoms with Crippen molar-refractivity contribution in [3.63, 3.8) is 0 Å². The Balaban J connectivity index is 1.56. The third-order valence-electron chi connectivity index (χ3n) is 11.9. The maximum absolute atomic E-state index is 14.4. The Morgan fingerprint density at radius 1 is 1.04 bits per heavy atom. The maximum atomic E-state index is 14.4. The third kappa shape index (κ3) is 8.96. The number of likely N-dealkylation sites (N-methyl/N-ethyl adjacent to an activating group) is 1. The molecule has 55 heavy (non-hydrogen) atoms. The van der Waals surface area contributed by atoms with E-state index >= 15 is 0 Å². The van der Waals surface area contributed by atoms with Gasteiger partial charge in [-0.3, -0.25) is 19.4 Å². The van der Waals surface area contributed by atoms with Gasteiger partial charge in [-0.2, -0.15) is 0 Å². The summed E-state index contributed by atoms with van der Waals surface area (Å²) in [5.74, 6) is -5.12. The van der Waals surface area contributed by atoms with Gasteiger partial charge < -0.3 is 39.0 Å². The third-order valence-corrected chi connectivity index (χ3v) is 11.9. The van der Waals surface area contributed by atoms with Gasteiger partial charge in [0.15, 0.2) is 17.7 Å². The first-order chi connectivity index (χ1) is 25.9. The first-order valence-corrected chi connectivity index (χ1v) is 19.5. The SMILES string of the molecule is CC[C@H]1OC(=O)[C@H](C)C(=O)[C@H](C)[C@H](O[C@@H]2O[C@H](C)C[C@H](N(C)C)[C@@H]2O)C(C)(OCC=Cc2cnc3ccccc3c2)C[C@H](C)C(=O)[C@@H](C)[C@@H]2NC(=O)O[C@@]12C. The molecule has 2 aromatic rings. The summed E-state index contributed by atoms with van der Waals surface area (Å²) >= 11 is 0. The summed E-state index contributed by atoms with van der Waals surface area (Å²) in [7, 11) is 3.74. The molecule has 1 aromatic heterocycles. The van der Waals surface area contributed by atoms with E-state index in [2.05, 4.69) is 10.3 Å². The first-order valence-electron chi connectivity index (χ1n) is 19.5. The van der Waals surface area contributed by atoms with Crippen molar-refractivity contribution in [3.05, 3.63) is 48.2 Å². The fourth-order valence-electron chi connectivity index (χ4n) is 8.73. The van der Waals surface area contributed by atoms with Crippen LogP contribution in [0.5, 0.6) is 0 Å². The Morgan fingerprint density at radius 2 is 1.75 bits per heavy atom. The van der Waals surface area contributed by atoms with Crippen molar-refractivity contribution in [2.75, 3.05) is 20.7 Å². The number of Topliss-reactive ketones (excluding diaryl/α,β-unsaturated/α-hetero) is 2. The summed E-state index contributed by atoms with van der Waals surface area (Å²) in [5, 5.41) is 15.4. The molecule has 1 amide bonds.